The molecule has 3 nitrogen and oxygen atoms in total. The number of methoxy groups -OCH3 is 3. The molecule has 0 aliphatic heterocycles. The van der Waals surface area contributed by atoms with Crippen LogP contribution >= 0.6 is 0 Å². The molecule has 0 heterocycles. The Bertz CT molecular complexity index is 350. The van der Waals surface area contributed by atoms with Crippen molar-refractivity contribution in [3.05, 3.63) is 17.7 Å². The average Bonchev–Trinajstić information content (AvgIpc) is 2.27. The average molecular weight is 237 g/mol. The number of hydrogen-bond acceptors (Lipinski definition) is 3. The first-order valence-electron chi connectivity index (χ1n) is 5.13. The summed E-state index contributed by atoms with van der Waals surface area (Å²) in [6, 6.07) is 3.89. The van der Waals surface area contributed by atoms with E-state index in [1.165, 1.54) is 0 Å². The molecule has 87 valence electrons. The Morgan fingerprint density at radius 2 is 1.69 bits per heavy atom. The van der Waals surface area contributed by atoms with Crippen LogP contribution in [-0.4, -0.2) is 31.6 Å². The monoisotopic (exact) mass is 237 g/mol. The predicted molar refractivity (Wildman–Crippen MR) is 65.0 cm³/mol. The second-order valence-corrected chi connectivity index (χ2v) is 4.58. The molecule has 0 aromatic heterocycles. The van der Waals surface area contributed by atoms with Gasteiger partial charge in [-0.25, -0.2) is 0 Å². The van der Waals surface area contributed by atoms with Crippen LogP contribution in [0.3, 0.4) is 0 Å². The minimum Gasteiger partial charge on any atom is -0.493 e. The lowest BCUT2D eigenvalue weighted by Gasteiger charge is -2.16. The maximum atomic E-state index is 5.38. The molecule has 0 saturated heterocycles. The van der Waals surface area contributed by atoms with Gasteiger partial charge in [-0.2, -0.15) is 0 Å². The van der Waals surface area contributed by atoms with E-state index in [1.807, 2.05) is 12.1 Å². The zero-order chi connectivity index (χ0) is 12.1. The summed E-state index contributed by atoms with van der Waals surface area (Å²) in [6.45, 7) is 2.09. The SMILES string of the molecule is COc1ccc(CC(C)[Si])c(OC)c1OC. The van der Waals surface area contributed by atoms with Gasteiger partial charge < -0.3 is 14.2 Å². The fourth-order valence-electron chi connectivity index (χ4n) is 1.65. The highest BCUT2D eigenvalue weighted by Crippen LogP contribution is 2.40. The fourth-order valence-corrected chi connectivity index (χ4v) is 1.87. The van der Waals surface area contributed by atoms with Crippen LogP contribution in [0.4, 0.5) is 0 Å². The molecule has 1 atom stereocenters. The molecular formula is C12H17O3Si. The molecule has 1 rings (SSSR count). The Labute approximate surface area is 100 Å². The van der Waals surface area contributed by atoms with E-state index in [-0.39, 0.29) is 0 Å². The molecule has 3 radical (unpaired) electrons. The van der Waals surface area contributed by atoms with E-state index in [9.17, 15) is 0 Å². The van der Waals surface area contributed by atoms with Crippen molar-refractivity contribution in [2.75, 3.05) is 21.3 Å². The van der Waals surface area contributed by atoms with Crippen LogP contribution < -0.4 is 14.2 Å². The fraction of sp³-hybridized carbons (Fsp3) is 0.500. The van der Waals surface area contributed by atoms with E-state index in [2.05, 4.69) is 17.2 Å². The highest BCUT2D eigenvalue weighted by Gasteiger charge is 2.16. The van der Waals surface area contributed by atoms with E-state index in [0.717, 1.165) is 17.7 Å². The first kappa shape index (κ1) is 12.9. The first-order valence-corrected chi connectivity index (χ1v) is 5.70. The molecule has 0 bridgehead atoms. The van der Waals surface area contributed by atoms with Crippen molar-refractivity contribution in [3.63, 3.8) is 0 Å². The van der Waals surface area contributed by atoms with Gasteiger partial charge in [-0.3, -0.25) is 0 Å². The highest BCUT2D eigenvalue weighted by atomic mass is 28.1. The molecular weight excluding hydrogens is 220 g/mol. The molecule has 0 aliphatic carbocycles. The Hall–Kier alpha value is -1.16. The van der Waals surface area contributed by atoms with Crippen LogP contribution in [0, 0.1) is 0 Å². The third-order valence-electron chi connectivity index (χ3n) is 2.31. The summed E-state index contributed by atoms with van der Waals surface area (Å²) in [5.74, 6) is 2.08. The van der Waals surface area contributed by atoms with Gasteiger partial charge in [0.25, 0.3) is 0 Å². The molecule has 0 amide bonds. The summed E-state index contributed by atoms with van der Waals surface area (Å²) >= 11 is 0. The zero-order valence-corrected chi connectivity index (χ0v) is 11.2. The van der Waals surface area contributed by atoms with Crippen molar-refractivity contribution in [3.8, 4) is 17.2 Å². The van der Waals surface area contributed by atoms with E-state index in [4.69, 9.17) is 14.2 Å². The molecule has 4 heteroatoms. The molecule has 1 aromatic carbocycles. The quantitative estimate of drug-likeness (QED) is 0.735. The van der Waals surface area contributed by atoms with Gasteiger partial charge in [0.05, 0.1) is 21.3 Å². The minimum atomic E-state index is 0.381. The third-order valence-corrected chi connectivity index (χ3v) is 2.52. The summed E-state index contributed by atoms with van der Waals surface area (Å²) in [6.07, 6.45) is 0.875. The standard InChI is InChI=1S/C12H17O3Si/c1-8(16)7-9-5-6-10(13-2)12(15-4)11(9)14-3/h5-6,8H,7H2,1-4H3. The zero-order valence-electron chi connectivity index (χ0n) is 10.2. The Balaban J connectivity index is 3.20. The van der Waals surface area contributed by atoms with Crippen molar-refractivity contribution < 1.29 is 14.2 Å². The van der Waals surface area contributed by atoms with Gasteiger partial charge in [0, 0.05) is 10.2 Å². The summed E-state index contributed by atoms with van der Waals surface area (Å²) in [5, 5.41) is 0. The van der Waals surface area contributed by atoms with Crippen molar-refractivity contribution in [2.24, 2.45) is 0 Å². The predicted octanol–water partition coefficient (Wildman–Crippen LogP) is 2.23. The summed E-state index contributed by atoms with van der Waals surface area (Å²) in [5.41, 5.74) is 1.48. The number of rotatable bonds is 5. The van der Waals surface area contributed by atoms with Gasteiger partial charge in [-0.15, -0.1) is 0 Å². The van der Waals surface area contributed by atoms with Crippen molar-refractivity contribution >= 4 is 10.2 Å². The lowest BCUT2D eigenvalue weighted by Crippen LogP contribution is -2.01. The highest BCUT2D eigenvalue weighted by molar-refractivity contribution is 6.11. The van der Waals surface area contributed by atoms with E-state index >= 15 is 0 Å². The smallest absolute Gasteiger partial charge is 0.203 e. The molecule has 0 aliphatic rings. The molecule has 0 fully saturated rings. The maximum Gasteiger partial charge on any atom is 0.203 e. The van der Waals surface area contributed by atoms with Gasteiger partial charge in [0.1, 0.15) is 0 Å². The number of ether oxygens (including phenoxy) is 3. The molecule has 0 N–H and O–H groups in total. The molecule has 0 spiro atoms. The van der Waals surface area contributed by atoms with Crippen LogP contribution in [0.5, 0.6) is 17.2 Å². The van der Waals surface area contributed by atoms with Gasteiger partial charge in [-0.05, 0) is 18.1 Å². The summed E-state index contributed by atoms with van der Waals surface area (Å²) in [7, 11) is 8.44. The van der Waals surface area contributed by atoms with Gasteiger partial charge in [0.2, 0.25) is 5.75 Å². The van der Waals surface area contributed by atoms with Gasteiger partial charge >= 0.3 is 0 Å². The van der Waals surface area contributed by atoms with E-state index in [0.29, 0.717) is 17.0 Å². The van der Waals surface area contributed by atoms with E-state index < -0.39 is 0 Å². The van der Waals surface area contributed by atoms with Crippen molar-refractivity contribution in [2.45, 2.75) is 18.9 Å². The van der Waals surface area contributed by atoms with E-state index in [1.54, 1.807) is 21.3 Å². The Morgan fingerprint density at radius 3 is 2.12 bits per heavy atom. The second kappa shape index (κ2) is 5.79. The van der Waals surface area contributed by atoms with Crippen LogP contribution in [0.2, 0.25) is 5.54 Å². The topological polar surface area (TPSA) is 27.7 Å². The normalized spacial score (nSPS) is 12.1. The van der Waals surface area contributed by atoms with Crippen molar-refractivity contribution in [1.29, 1.82) is 0 Å². The summed E-state index contributed by atoms with van der Waals surface area (Å²) < 4.78 is 15.9. The Morgan fingerprint density at radius 1 is 1.06 bits per heavy atom. The van der Waals surface area contributed by atoms with Crippen LogP contribution in [-0.2, 0) is 6.42 Å². The lowest BCUT2D eigenvalue weighted by atomic mass is 10.1. The van der Waals surface area contributed by atoms with Gasteiger partial charge in [-0.1, -0.05) is 18.5 Å². The summed E-state index contributed by atoms with van der Waals surface area (Å²) in [4.78, 5) is 0. The van der Waals surface area contributed by atoms with Gasteiger partial charge in [0.15, 0.2) is 11.5 Å². The molecule has 1 aromatic rings. The third kappa shape index (κ3) is 2.69. The molecule has 16 heavy (non-hydrogen) atoms. The van der Waals surface area contributed by atoms with Crippen LogP contribution in [0.1, 0.15) is 12.5 Å². The maximum absolute atomic E-state index is 5.38. The first-order chi connectivity index (χ1) is 7.63. The molecule has 1 unspecified atom stereocenters. The Kier molecular flexibility index (Phi) is 4.67. The lowest BCUT2D eigenvalue weighted by molar-refractivity contribution is 0.322. The minimum absolute atomic E-state index is 0.381. The largest absolute Gasteiger partial charge is 0.493 e. The second-order valence-electron chi connectivity index (χ2n) is 3.60. The number of hydrogen-bond donors (Lipinski definition) is 0. The van der Waals surface area contributed by atoms with Crippen LogP contribution in [0.25, 0.3) is 0 Å². The van der Waals surface area contributed by atoms with Crippen molar-refractivity contribution in [1.82, 2.24) is 0 Å². The number of benzene rings is 1. The van der Waals surface area contributed by atoms with Crippen LogP contribution in [0.15, 0.2) is 12.1 Å². The molecule has 0 saturated carbocycles.